The van der Waals surface area contributed by atoms with E-state index >= 15 is 0 Å². The molecule has 1 N–H and O–H groups in total. The highest BCUT2D eigenvalue weighted by Gasteiger charge is 2.29. The first-order valence-corrected chi connectivity index (χ1v) is 14.6. The fourth-order valence-corrected chi connectivity index (χ4v) is 7.04. The number of fused-ring (bicyclic) bond motifs is 1. The number of thioether (sulfide) groups is 1. The summed E-state index contributed by atoms with van der Waals surface area (Å²) in [6.07, 6.45) is 1.98. The summed E-state index contributed by atoms with van der Waals surface area (Å²) in [6, 6.07) is 21.8. The predicted octanol–water partition coefficient (Wildman–Crippen LogP) is 4.78. The molecule has 1 saturated heterocycles. The highest BCUT2D eigenvalue weighted by molar-refractivity contribution is 8.00. The molecule has 4 aromatic rings. The van der Waals surface area contributed by atoms with Crippen molar-refractivity contribution in [2.24, 2.45) is 0 Å². The molecule has 35 heavy (non-hydrogen) atoms. The van der Waals surface area contributed by atoms with E-state index in [0.717, 1.165) is 20.2 Å². The van der Waals surface area contributed by atoms with Gasteiger partial charge in [-0.1, -0.05) is 36.0 Å². The van der Waals surface area contributed by atoms with Crippen LogP contribution >= 0.6 is 23.1 Å². The number of para-hydroxylation sites is 1. The van der Waals surface area contributed by atoms with E-state index in [-0.39, 0.29) is 10.8 Å². The summed E-state index contributed by atoms with van der Waals surface area (Å²) in [6.45, 7) is 2.00. The van der Waals surface area contributed by atoms with Gasteiger partial charge in [0.25, 0.3) is 5.91 Å². The molecule has 1 aromatic heterocycles. The third-order valence-electron chi connectivity index (χ3n) is 5.90. The van der Waals surface area contributed by atoms with E-state index in [2.05, 4.69) is 15.2 Å². The van der Waals surface area contributed by atoms with Gasteiger partial charge in [0.2, 0.25) is 10.0 Å². The van der Waals surface area contributed by atoms with Crippen LogP contribution in [0.2, 0.25) is 0 Å². The van der Waals surface area contributed by atoms with Crippen LogP contribution in [0, 0.1) is 0 Å². The minimum atomic E-state index is -3.71. The minimum absolute atomic E-state index is 0.126. The van der Waals surface area contributed by atoms with Crippen molar-refractivity contribution >= 4 is 60.6 Å². The van der Waals surface area contributed by atoms with Crippen LogP contribution in [0.4, 0.5) is 11.4 Å². The van der Waals surface area contributed by atoms with Crippen LogP contribution < -0.4 is 10.2 Å². The number of piperazine rings is 1. The molecule has 1 aliphatic rings. The van der Waals surface area contributed by atoms with E-state index in [1.807, 2.05) is 48.7 Å². The molecule has 2 heterocycles. The molecule has 0 spiro atoms. The number of rotatable bonds is 6. The van der Waals surface area contributed by atoms with Gasteiger partial charge in [0.15, 0.2) is 4.34 Å². The summed E-state index contributed by atoms with van der Waals surface area (Å²) in [5.41, 5.74) is 2.91. The van der Waals surface area contributed by atoms with Gasteiger partial charge >= 0.3 is 0 Å². The Bertz CT molecular complexity index is 1460. The van der Waals surface area contributed by atoms with Crippen molar-refractivity contribution in [2.75, 3.05) is 42.7 Å². The lowest BCUT2D eigenvalue weighted by Gasteiger charge is -2.35. The lowest BCUT2D eigenvalue weighted by Crippen LogP contribution is -2.48. The largest absolute Gasteiger partial charge is 0.369 e. The maximum absolute atomic E-state index is 13.3. The van der Waals surface area contributed by atoms with Crippen LogP contribution in [0.15, 0.2) is 82.0 Å². The average molecular weight is 525 g/mol. The zero-order valence-electron chi connectivity index (χ0n) is 19.0. The molecule has 3 aromatic carbocycles. The van der Waals surface area contributed by atoms with Crippen molar-refractivity contribution < 1.29 is 13.2 Å². The van der Waals surface area contributed by atoms with Gasteiger partial charge in [0.1, 0.15) is 0 Å². The van der Waals surface area contributed by atoms with E-state index < -0.39 is 10.0 Å². The number of anilines is 2. The zero-order valence-corrected chi connectivity index (χ0v) is 21.5. The zero-order chi connectivity index (χ0) is 24.4. The van der Waals surface area contributed by atoms with Crippen LogP contribution in [0.5, 0.6) is 0 Å². The topological polar surface area (TPSA) is 82.6 Å². The lowest BCUT2D eigenvalue weighted by atomic mass is 10.2. The van der Waals surface area contributed by atoms with Crippen LogP contribution in [0.1, 0.15) is 10.4 Å². The smallest absolute Gasteiger partial charge is 0.255 e. The Morgan fingerprint density at radius 1 is 0.971 bits per heavy atom. The number of nitrogens with zero attached hydrogens (tertiary/aromatic N) is 3. The summed E-state index contributed by atoms with van der Waals surface area (Å²) in [5.74, 6) is -0.357. The van der Waals surface area contributed by atoms with Crippen molar-refractivity contribution in [3.63, 3.8) is 0 Å². The number of sulfonamides is 1. The maximum Gasteiger partial charge on any atom is 0.255 e. The number of aromatic nitrogens is 1. The molecule has 10 heteroatoms. The van der Waals surface area contributed by atoms with Gasteiger partial charge in [-0.2, -0.15) is 4.31 Å². The van der Waals surface area contributed by atoms with Gasteiger partial charge in [-0.05, 0) is 54.8 Å². The van der Waals surface area contributed by atoms with Gasteiger partial charge < -0.3 is 10.2 Å². The first-order chi connectivity index (χ1) is 16.9. The number of hydrogen-bond donors (Lipinski definition) is 1. The van der Waals surface area contributed by atoms with Crippen LogP contribution in [0.25, 0.3) is 10.2 Å². The fraction of sp³-hybridized carbons (Fsp3) is 0.200. The van der Waals surface area contributed by atoms with E-state index in [1.165, 1.54) is 10.4 Å². The van der Waals surface area contributed by atoms with Crippen molar-refractivity contribution in [1.29, 1.82) is 0 Å². The number of amides is 1. The fourth-order valence-electron chi connectivity index (χ4n) is 4.04. The summed E-state index contributed by atoms with van der Waals surface area (Å²) in [4.78, 5) is 19.7. The van der Waals surface area contributed by atoms with Crippen molar-refractivity contribution in [3.05, 3.63) is 78.4 Å². The monoisotopic (exact) mass is 524 g/mol. The Balaban J connectivity index is 1.29. The van der Waals surface area contributed by atoms with E-state index in [4.69, 9.17) is 0 Å². The molecule has 0 aliphatic carbocycles. The van der Waals surface area contributed by atoms with E-state index in [1.54, 1.807) is 47.4 Å². The maximum atomic E-state index is 13.3. The average Bonchev–Trinajstić information content (AvgIpc) is 3.32. The van der Waals surface area contributed by atoms with Crippen molar-refractivity contribution in [2.45, 2.75) is 9.24 Å². The molecule has 1 amide bonds. The molecule has 1 fully saturated rings. The lowest BCUT2D eigenvalue weighted by molar-refractivity contribution is 0.102. The van der Waals surface area contributed by atoms with Crippen molar-refractivity contribution in [1.82, 2.24) is 9.29 Å². The Morgan fingerprint density at radius 3 is 2.49 bits per heavy atom. The van der Waals surface area contributed by atoms with Gasteiger partial charge in [-0.25, -0.2) is 13.4 Å². The first-order valence-electron chi connectivity index (χ1n) is 11.1. The van der Waals surface area contributed by atoms with Gasteiger partial charge in [0, 0.05) is 43.1 Å². The number of nitrogens with one attached hydrogen (secondary N) is 1. The normalized spacial score (nSPS) is 14.8. The standard InChI is InChI=1S/C25H24N4O3S3/c1-33-25-27-22-11-10-19(17-23(22)34-25)26-24(30)18-6-5-9-21(16-18)35(31,32)29-14-12-28(13-15-29)20-7-3-2-4-8-20/h2-11,16-17H,12-15H2,1H3,(H,26,30). The van der Waals surface area contributed by atoms with Crippen LogP contribution in [0.3, 0.4) is 0 Å². The molecular formula is C25H24N4O3S3. The van der Waals surface area contributed by atoms with Gasteiger partial charge in [-0.3, -0.25) is 4.79 Å². The summed E-state index contributed by atoms with van der Waals surface area (Å²) < 4.78 is 30.1. The highest BCUT2D eigenvalue weighted by Crippen LogP contribution is 2.30. The van der Waals surface area contributed by atoms with Crippen LogP contribution in [-0.2, 0) is 10.0 Å². The molecule has 0 atom stereocenters. The molecule has 0 unspecified atom stereocenters. The van der Waals surface area contributed by atoms with E-state index in [0.29, 0.717) is 37.4 Å². The number of carbonyl (C=O) groups excluding carboxylic acids is 1. The quantitative estimate of drug-likeness (QED) is 0.366. The molecule has 1 aliphatic heterocycles. The molecule has 5 rings (SSSR count). The second kappa shape index (κ2) is 9.98. The Labute approximate surface area is 212 Å². The molecule has 7 nitrogen and oxygen atoms in total. The highest BCUT2D eigenvalue weighted by atomic mass is 32.2. The second-order valence-electron chi connectivity index (χ2n) is 8.08. The Morgan fingerprint density at radius 2 is 1.74 bits per heavy atom. The van der Waals surface area contributed by atoms with Crippen molar-refractivity contribution in [3.8, 4) is 0 Å². The summed E-state index contributed by atoms with van der Waals surface area (Å²) in [5, 5.41) is 2.88. The number of benzene rings is 3. The van der Waals surface area contributed by atoms with E-state index in [9.17, 15) is 13.2 Å². The Kier molecular flexibility index (Phi) is 6.79. The molecule has 0 bridgehead atoms. The number of carbonyl (C=O) groups is 1. The summed E-state index contributed by atoms with van der Waals surface area (Å²) in [7, 11) is -3.71. The molecule has 180 valence electrons. The second-order valence-corrected chi connectivity index (χ2v) is 12.1. The van der Waals surface area contributed by atoms with Gasteiger partial charge in [-0.15, -0.1) is 11.3 Å². The SMILES string of the molecule is CSc1nc2ccc(NC(=O)c3cccc(S(=O)(=O)N4CCN(c5ccccc5)CC4)c3)cc2s1. The molecular weight excluding hydrogens is 501 g/mol. The first kappa shape index (κ1) is 23.8. The molecule has 0 radical (unpaired) electrons. The number of thiazole rings is 1. The number of hydrogen-bond acceptors (Lipinski definition) is 7. The summed E-state index contributed by atoms with van der Waals surface area (Å²) >= 11 is 3.15. The third kappa shape index (κ3) is 5.06. The molecule has 0 saturated carbocycles. The predicted molar refractivity (Wildman–Crippen MR) is 143 cm³/mol. The van der Waals surface area contributed by atoms with Gasteiger partial charge in [0.05, 0.1) is 15.1 Å². The minimum Gasteiger partial charge on any atom is -0.369 e. The van der Waals surface area contributed by atoms with Crippen LogP contribution in [-0.4, -0.2) is 56.0 Å². The third-order valence-corrected chi connectivity index (χ3v) is 9.79. The Hall–Kier alpha value is -2.92.